The maximum absolute atomic E-state index is 13.2. The lowest BCUT2D eigenvalue weighted by Crippen LogP contribution is -2.45. The summed E-state index contributed by atoms with van der Waals surface area (Å²) in [5, 5.41) is 9.17. The summed E-state index contributed by atoms with van der Waals surface area (Å²) in [6.45, 7) is -1.19. The van der Waals surface area contributed by atoms with Gasteiger partial charge in [-0.15, -0.1) is 0 Å². The number of halogens is 2. The molecule has 3 N–H and O–H groups in total. The molecule has 10 heteroatoms. The lowest BCUT2D eigenvalue weighted by atomic mass is 9.95. The van der Waals surface area contributed by atoms with E-state index in [9.17, 15) is 13.6 Å². The van der Waals surface area contributed by atoms with Crippen LogP contribution in [0.2, 0.25) is 0 Å². The first-order valence-corrected chi connectivity index (χ1v) is 9.59. The normalized spacial score (nSPS) is 15.8. The van der Waals surface area contributed by atoms with Gasteiger partial charge in [-0.05, 0) is 49.0 Å². The minimum Gasteiger partial charge on any atom is -0.497 e. The molecule has 7 nitrogen and oxygen atoms in total. The number of allylic oxidation sites excluding steroid dienone is 1. The number of hydrogen-bond donors (Lipinski definition) is 3. The Kier molecular flexibility index (Phi) is 6.91. The molecule has 1 aliphatic heterocycles. The van der Waals surface area contributed by atoms with Gasteiger partial charge in [0.05, 0.1) is 31.5 Å². The van der Waals surface area contributed by atoms with Crippen molar-refractivity contribution in [3.8, 4) is 17.2 Å². The fourth-order valence-corrected chi connectivity index (χ4v) is 3.46. The van der Waals surface area contributed by atoms with E-state index in [1.807, 2.05) is 0 Å². The summed E-state index contributed by atoms with van der Waals surface area (Å²) in [5.41, 5.74) is 2.01. The molecule has 164 valence electrons. The second kappa shape index (κ2) is 9.61. The van der Waals surface area contributed by atoms with Crippen molar-refractivity contribution >= 4 is 28.9 Å². The Bertz CT molecular complexity index is 1010. The maximum Gasteiger partial charge on any atom is 0.387 e. The molecule has 31 heavy (non-hydrogen) atoms. The molecular formula is C21H21F2N3O4S. The minimum atomic E-state index is -2.92. The molecule has 0 aliphatic carbocycles. The average Bonchev–Trinajstić information content (AvgIpc) is 2.73. The number of amides is 1. The van der Waals surface area contributed by atoms with Crippen LogP contribution < -0.4 is 30.2 Å². The van der Waals surface area contributed by atoms with E-state index in [0.29, 0.717) is 39.1 Å². The number of carbonyl (C=O) groups excluding carboxylic acids is 1. The van der Waals surface area contributed by atoms with Crippen LogP contribution in [0.15, 0.2) is 53.7 Å². The van der Waals surface area contributed by atoms with Gasteiger partial charge in [0, 0.05) is 11.8 Å². The Morgan fingerprint density at radius 3 is 2.39 bits per heavy atom. The van der Waals surface area contributed by atoms with Gasteiger partial charge in [0.2, 0.25) is 0 Å². The molecule has 0 radical (unpaired) electrons. The summed E-state index contributed by atoms with van der Waals surface area (Å²) in [5.74, 6) is 0.631. The highest BCUT2D eigenvalue weighted by molar-refractivity contribution is 7.80. The summed E-state index contributed by atoms with van der Waals surface area (Å²) in [6, 6.07) is 10.4. The number of ether oxygens (including phenoxy) is 3. The van der Waals surface area contributed by atoms with E-state index in [-0.39, 0.29) is 5.75 Å². The number of hydrogen-bond acceptors (Lipinski definition) is 5. The van der Waals surface area contributed by atoms with Gasteiger partial charge < -0.3 is 30.2 Å². The lowest BCUT2D eigenvalue weighted by molar-refractivity contribution is -0.113. The Hall–Kier alpha value is -3.40. The average molecular weight is 449 g/mol. The molecule has 1 atom stereocenters. The fourth-order valence-electron chi connectivity index (χ4n) is 3.19. The quantitative estimate of drug-likeness (QED) is 0.556. The van der Waals surface area contributed by atoms with Crippen LogP contribution in [0.3, 0.4) is 0 Å². The number of nitrogens with one attached hydrogen (secondary N) is 3. The predicted octanol–water partition coefficient (Wildman–Crippen LogP) is 3.74. The van der Waals surface area contributed by atoms with Crippen LogP contribution in [0.25, 0.3) is 0 Å². The lowest BCUT2D eigenvalue weighted by Gasteiger charge is -2.30. The highest BCUT2D eigenvalue weighted by Gasteiger charge is 2.30. The second-order valence-corrected chi connectivity index (χ2v) is 6.95. The van der Waals surface area contributed by atoms with Crippen LogP contribution in [0.1, 0.15) is 18.5 Å². The van der Waals surface area contributed by atoms with Crippen LogP contribution in [-0.2, 0) is 4.79 Å². The molecule has 1 aliphatic rings. The van der Waals surface area contributed by atoms with Crippen LogP contribution in [0.4, 0.5) is 14.5 Å². The Labute approximate surface area is 183 Å². The molecule has 2 aromatic carbocycles. The SMILES string of the molecule is COc1ccc(OC)c(NC(=O)C2=C(C)NC(=S)NC2c2ccc(OC(F)F)cc2)c1. The molecule has 0 bridgehead atoms. The molecule has 1 unspecified atom stereocenters. The van der Waals surface area contributed by atoms with E-state index >= 15 is 0 Å². The molecule has 0 spiro atoms. The van der Waals surface area contributed by atoms with Crippen molar-refractivity contribution in [3.63, 3.8) is 0 Å². The highest BCUT2D eigenvalue weighted by Crippen LogP contribution is 2.32. The van der Waals surface area contributed by atoms with Crippen molar-refractivity contribution in [2.45, 2.75) is 19.6 Å². The fraction of sp³-hybridized carbons (Fsp3) is 0.238. The van der Waals surface area contributed by atoms with Crippen LogP contribution in [0.5, 0.6) is 17.2 Å². The van der Waals surface area contributed by atoms with E-state index in [4.69, 9.17) is 21.7 Å². The van der Waals surface area contributed by atoms with Crippen molar-refractivity contribution in [1.82, 2.24) is 10.6 Å². The summed E-state index contributed by atoms with van der Waals surface area (Å²) in [6.07, 6.45) is 0. The van der Waals surface area contributed by atoms with Crippen molar-refractivity contribution < 1.29 is 27.8 Å². The smallest absolute Gasteiger partial charge is 0.387 e. The molecule has 0 saturated heterocycles. The van der Waals surface area contributed by atoms with E-state index < -0.39 is 18.6 Å². The number of anilines is 1. The topological polar surface area (TPSA) is 80.9 Å². The minimum absolute atomic E-state index is 0.0167. The monoisotopic (exact) mass is 449 g/mol. The zero-order valence-corrected chi connectivity index (χ0v) is 17.8. The van der Waals surface area contributed by atoms with Gasteiger partial charge in [0.15, 0.2) is 5.11 Å². The van der Waals surface area contributed by atoms with Crippen LogP contribution in [0, 0.1) is 0 Å². The molecule has 2 aromatic rings. The third-order valence-corrected chi connectivity index (χ3v) is 4.83. The van der Waals surface area contributed by atoms with E-state index in [0.717, 1.165) is 0 Å². The first kappa shape index (κ1) is 22.3. The first-order valence-electron chi connectivity index (χ1n) is 9.18. The zero-order chi connectivity index (χ0) is 22.5. The zero-order valence-electron chi connectivity index (χ0n) is 17.0. The third kappa shape index (κ3) is 5.21. The second-order valence-electron chi connectivity index (χ2n) is 6.54. The Morgan fingerprint density at radius 1 is 1.10 bits per heavy atom. The van der Waals surface area contributed by atoms with Crippen molar-refractivity contribution in [1.29, 1.82) is 0 Å². The summed E-state index contributed by atoms with van der Waals surface area (Å²) >= 11 is 5.24. The molecule has 0 fully saturated rings. The Morgan fingerprint density at radius 2 is 1.77 bits per heavy atom. The van der Waals surface area contributed by atoms with E-state index in [1.54, 1.807) is 37.3 Å². The van der Waals surface area contributed by atoms with Gasteiger partial charge in [-0.1, -0.05) is 12.1 Å². The van der Waals surface area contributed by atoms with Gasteiger partial charge in [-0.25, -0.2) is 0 Å². The molecule has 0 aromatic heterocycles. The molecule has 3 rings (SSSR count). The summed E-state index contributed by atoms with van der Waals surface area (Å²) in [7, 11) is 3.02. The molecule has 0 saturated carbocycles. The number of alkyl halides is 2. The number of rotatable bonds is 7. The Balaban J connectivity index is 1.92. The van der Waals surface area contributed by atoms with Gasteiger partial charge in [-0.3, -0.25) is 4.79 Å². The van der Waals surface area contributed by atoms with Crippen molar-refractivity contribution in [2.24, 2.45) is 0 Å². The van der Waals surface area contributed by atoms with Gasteiger partial charge >= 0.3 is 6.61 Å². The van der Waals surface area contributed by atoms with E-state index in [2.05, 4.69) is 20.7 Å². The summed E-state index contributed by atoms with van der Waals surface area (Å²) in [4.78, 5) is 13.2. The first-order chi connectivity index (χ1) is 14.8. The third-order valence-electron chi connectivity index (χ3n) is 4.61. The van der Waals surface area contributed by atoms with Gasteiger partial charge in [0.25, 0.3) is 5.91 Å². The highest BCUT2D eigenvalue weighted by atomic mass is 32.1. The number of benzene rings is 2. The molecular weight excluding hydrogens is 428 g/mol. The summed E-state index contributed by atoms with van der Waals surface area (Å²) < 4.78 is 39.8. The molecule has 1 heterocycles. The maximum atomic E-state index is 13.2. The predicted molar refractivity (Wildman–Crippen MR) is 116 cm³/mol. The molecule has 1 amide bonds. The van der Waals surface area contributed by atoms with Crippen molar-refractivity contribution in [2.75, 3.05) is 19.5 Å². The van der Waals surface area contributed by atoms with Crippen LogP contribution >= 0.6 is 12.2 Å². The standard InChI is InChI=1S/C21H21F2N3O4S/c1-11-17(19(27)25-15-10-14(28-2)8-9-16(15)29-3)18(26-21(31)24-11)12-4-6-13(7-5-12)30-20(22)23/h4-10,18,20H,1-3H3,(H,25,27)(H2,24,26,31). The number of methoxy groups -OCH3 is 2. The van der Waals surface area contributed by atoms with Gasteiger partial charge in [-0.2, -0.15) is 8.78 Å². The van der Waals surface area contributed by atoms with Crippen LogP contribution in [-0.4, -0.2) is 31.9 Å². The van der Waals surface area contributed by atoms with Gasteiger partial charge in [0.1, 0.15) is 17.2 Å². The van der Waals surface area contributed by atoms with Crippen molar-refractivity contribution in [3.05, 3.63) is 59.3 Å². The number of thiocarbonyl (C=S) groups is 1. The largest absolute Gasteiger partial charge is 0.497 e. The number of carbonyl (C=O) groups is 1. The van der Waals surface area contributed by atoms with E-state index in [1.165, 1.54) is 26.4 Å².